The number of likely N-dealkylation sites (N-methyl/N-ethyl adjacent to an activating group) is 1. The van der Waals surface area contributed by atoms with Crippen LogP contribution < -0.4 is 10.2 Å². The van der Waals surface area contributed by atoms with Crippen LogP contribution >= 0.6 is 11.3 Å². The number of nitrogens with one attached hydrogen (secondary N) is 1. The van der Waals surface area contributed by atoms with E-state index in [0.717, 1.165) is 22.5 Å². The number of aromatic nitrogens is 1. The van der Waals surface area contributed by atoms with E-state index >= 15 is 0 Å². The summed E-state index contributed by atoms with van der Waals surface area (Å²) in [5.74, 6) is -0.757. The van der Waals surface area contributed by atoms with Gasteiger partial charge in [-0.25, -0.2) is 4.98 Å². The molecule has 33 heavy (non-hydrogen) atoms. The Morgan fingerprint density at radius 1 is 1.06 bits per heavy atom. The minimum Gasteiger partial charge on any atom is -0.333 e. The van der Waals surface area contributed by atoms with Gasteiger partial charge in [-0.15, -0.1) is 11.3 Å². The average Bonchev–Trinajstić information content (AvgIpc) is 3.24. The average molecular weight is 463 g/mol. The van der Waals surface area contributed by atoms with E-state index in [1.807, 2.05) is 62.4 Å². The van der Waals surface area contributed by atoms with Gasteiger partial charge in [-0.2, -0.15) is 0 Å². The molecule has 0 atom stereocenters. The number of carbonyl (C=O) groups is 3. The highest BCUT2D eigenvalue weighted by Crippen LogP contribution is 2.29. The molecular formula is C25H26N4O3S. The molecule has 1 N–H and O–H groups in total. The number of rotatable bonds is 7. The van der Waals surface area contributed by atoms with E-state index in [-0.39, 0.29) is 24.3 Å². The summed E-state index contributed by atoms with van der Waals surface area (Å²) in [6.07, 6.45) is 2.94. The molecule has 0 aliphatic heterocycles. The molecule has 0 fully saturated rings. The molecule has 8 heteroatoms. The Kier molecular flexibility index (Phi) is 7.74. The Bertz CT molecular complexity index is 1190. The van der Waals surface area contributed by atoms with Crippen molar-refractivity contribution in [3.05, 3.63) is 76.8 Å². The van der Waals surface area contributed by atoms with Crippen molar-refractivity contribution in [1.82, 2.24) is 9.88 Å². The minimum atomic E-state index is -0.327. The van der Waals surface area contributed by atoms with Crippen LogP contribution in [0.3, 0.4) is 0 Å². The zero-order valence-corrected chi connectivity index (χ0v) is 19.8. The normalized spacial score (nSPS) is 10.8. The predicted molar refractivity (Wildman–Crippen MR) is 133 cm³/mol. The molecule has 2 aromatic carbocycles. The van der Waals surface area contributed by atoms with E-state index in [0.29, 0.717) is 10.8 Å². The topological polar surface area (TPSA) is 82.6 Å². The largest absolute Gasteiger partial charge is 0.333 e. The Balaban J connectivity index is 1.62. The highest BCUT2D eigenvalue weighted by molar-refractivity contribution is 7.14. The monoisotopic (exact) mass is 462 g/mol. The molecular weight excluding hydrogens is 436 g/mol. The van der Waals surface area contributed by atoms with Crippen LogP contribution in [0.25, 0.3) is 6.08 Å². The SMILES string of the molecule is CC(=O)N(c1ccccc1)c1nc(/C=C/C(=O)N(C)CC(=O)Nc2cccc(C)c2C)cs1. The minimum absolute atomic E-state index is 0.0784. The number of para-hydroxylation sites is 1. The number of hydrogen-bond acceptors (Lipinski definition) is 5. The molecule has 0 aliphatic rings. The van der Waals surface area contributed by atoms with Gasteiger partial charge in [0.05, 0.1) is 17.9 Å². The third-order valence-corrected chi connectivity index (χ3v) is 5.91. The van der Waals surface area contributed by atoms with Crippen molar-refractivity contribution in [2.75, 3.05) is 23.8 Å². The first kappa shape index (κ1) is 23.9. The molecule has 0 aliphatic carbocycles. The van der Waals surface area contributed by atoms with Gasteiger partial charge >= 0.3 is 0 Å². The molecule has 3 rings (SSSR count). The van der Waals surface area contributed by atoms with Crippen LogP contribution in [0.1, 0.15) is 23.7 Å². The van der Waals surface area contributed by atoms with E-state index < -0.39 is 0 Å². The molecule has 170 valence electrons. The molecule has 0 saturated heterocycles. The third-order valence-electron chi connectivity index (χ3n) is 5.06. The molecule has 0 radical (unpaired) electrons. The van der Waals surface area contributed by atoms with Gasteiger partial charge in [0.25, 0.3) is 0 Å². The smallest absolute Gasteiger partial charge is 0.246 e. The standard InChI is InChI=1S/C25H26N4O3S/c1-17-9-8-12-22(18(17)2)27-23(31)15-28(4)24(32)14-13-20-16-33-25(26-20)29(19(3)30)21-10-6-5-7-11-21/h5-14,16H,15H2,1-4H3,(H,27,31)/b14-13+. The molecule has 0 bridgehead atoms. The summed E-state index contributed by atoms with van der Waals surface area (Å²) in [5, 5.41) is 5.13. The van der Waals surface area contributed by atoms with Gasteiger partial charge in [-0.3, -0.25) is 19.3 Å². The summed E-state index contributed by atoms with van der Waals surface area (Å²) >= 11 is 1.31. The van der Waals surface area contributed by atoms with Crippen molar-refractivity contribution in [3.8, 4) is 0 Å². The Morgan fingerprint density at radius 3 is 2.48 bits per heavy atom. The summed E-state index contributed by atoms with van der Waals surface area (Å²) < 4.78 is 0. The van der Waals surface area contributed by atoms with Gasteiger partial charge in [0.15, 0.2) is 5.13 Å². The van der Waals surface area contributed by atoms with Crippen molar-refractivity contribution in [2.45, 2.75) is 20.8 Å². The fourth-order valence-corrected chi connectivity index (χ4v) is 3.97. The van der Waals surface area contributed by atoms with Crippen LogP contribution in [0.15, 0.2) is 60.0 Å². The van der Waals surface area contributed by atoms with E-state index in [9.17, 15) is 14.4 Å². The lowest BCUT2D eigenvalue weighted by atomic mass is 10.1. The Labute approximate surface area is 197 Å². The van der Waals surface area contributed by atoms with Crippen LogP contribution in [0.2, 0.25) is 0 Å². The number of nitrogens with zero attached hydrogens (tertiary/aromatic N) is 3. The van der Waals surface area contributed by atoms with Gasteiger partial charge < -0.3 is 10.2 Å². The zero-order chi connectivity index (χ0) is 24.0. The molecule has 3 aromatic rings. The molecule has 1 heterocycles. The summed E-state index contributed by atoms with van der Waals surface area (Å²) in [5.41, 5.74) is 4.09. The maximum atomic E-state index is 12.5. The number of hydrogen-bond donors (Lipinski definition) is 1. The van der Waals surface area contributed by atoms with E-state index in [1.165, 1.54) is 34.1 Å². The van der Waals surface area contributed by atoms with Crippen molar-refractivity contribution >= 4 is 51.6 Å². The number of thiazole rings is 1. The first-order valence-electron chi connectivity index (χ1n) is 10.4. The van der Waals surface area contributed by atoms with Crippen molar-refractivity contribution < 1.29 is 14.4 Å². The van der Waals surface area contributed by atoms with Gasteiger partial charge in [0.2, 0.25) is 17.7 Å². The molecule has 0 unspecified atom stereocenters. The second-order valence-corrected chi connectivity index (χ2v) is 8.40. The third kappa shape index (κ3) is 6.14. The number of anilines is 3. The number of aryl methyl sites for hydroxylation is 1. The maximum Gasteiger partial charge on any atom is 0.246 e. The Hall–Kier alpha value is -3.78. The maximum absolute atomic E-state index is 12.5. The van der Waals surface area contributed by atoms with Crippen molar-refractivity contribution in [2.24, 2.45) is 0 Å². The lowest BCUT2D eigenvalue weighted by Crippen LogP contribution is -2.34. The second kappa shape index (κ2) is 10.7. The van der Waals surface area contributed by atoms with E-state index in [1.54, 1.807) is 18.5 Å². The van der Waals surface area contributed by atoms with Crippen LogP contribution in [0.4, 0.5) is 16.5 Å². The summed E-state index contributed by atoms with van der Waals surface area (Å²) in [4.78, 5) is 44.3. The van der Waals surface area contributed by atoms with Gasteiger partial charge in [-0.05, 0) is 49.2 Å². The molecule has 3 amide bonds. The summed E-state index contributed by atoms with van der Waals surface area (Å²) in [7, 11) is 1.56. The van der Waals surface area contributed by atoms with Crippen molar-refractivity contribution in [1.29, 1.82) is 0 Å². The van der Waals surface area contributed by atoms with E-state index in [2.05, 4.69) is 10.3 Å². The van der Waals surface area contributed by atoms with Crippen LogP contribution in [-0.2, 0) is 14.4 Å². The first-order chi connectivity index (χ1) is 15.8. The number of benzene rings is 2. The zero-order valence-electron chi connectivity index (χ0n) is 19.0. The van der Waals surface area contributed by atoms with E-state index in [4.69, 9.17) is 0 Å². The fraction of sp³-hybridized carbons (Fsp3) is 0.200. The molecule has 7 nitrogen and oxygen atoms in total. The van der Waals surface area contributed by atoms with Gasteiger partial charge in [0.1, 0.15) is 0 Å². The summed E-state index contributed by atoms with van der Waals surface area (Å²) in [6.45, 7) is 5.32. The second-order valence-electron chi connectivity index (χ2n) is 7.57. The quantitative estimate of drug-likeness (QED) is 0.522. The van der Waals surface area contributed by atoms with Gasteiger partial charge in [0, 0.05) is 31.1 Å². The first-order valence-corrected chi connectivity index (χ1v) is 11.2. The lowest BCUT2D eigenvalue weighted by molar-refractivity contribution is -0.129. The van der Waals surface area contributed by atoms with Gasteiger partial charge in [-0.1, -0.05) is 30.3 Å². The molecule has 1 aromatic heterocycles. The number of carbonyl (C=O) groups excluding carboxylic acids is 3. The predicted octanol–water partition coefficient (Wildman–Crippen LogP) is 4.55. The van der Waals surface area contributed by atoms with Crippen LogP contribution in [-0.4, -0.2) is 41.2 Å². The highest BCUT2D eigenvalue weighted by atomic mass is 32.1. The van der Waals surface area contributed by atoms with Crippen molar-refractivity contribution in [3.63, 3.8) is 0 Å². The highest BCUT2D eigenvalue weighted by Gasteiger charge is 2.17. The lowest BCUT2D eigenvalue weighted by Gasteiger charge is -2.17. The summed E-state index contributed by atoms with van der Waals surface area (Å²) in [6, 6.07) is 14.9. The van der Waals surface area contributed by atoms with Crippen LogP contribution in [0, 0.1) is 13.8 Å². The van der Waals surface area contributed by atoms with Crippen LogP contribution in [0.5, 0.6) is 0 Å². The fourth-order valence-electron chi connectivity index (χ4n) is 3.11. The Morgan fingerprint density at radius 2 is 1.79 bits per heavy atom. The molecule has 0 saturated carbocycles. The molecule has 0 spiro atoms. The number of amides is 3.